The Labute approximate surface area is 187 Å². The Bertz CT molecular complexity index is 1070. The van der Waals surface area contributed by atoms with Crippen molar-refractivity contribution in [3.8, 4) is 5.69 Å². The van der Waals surface area contributed by atoms with E-state index in [2.05, 4.69) is 32.8 Å². The van der Waals surface area contributed by atoms with Crippen LogP contribution in [0.25, 0.3) is 5.69 Å². The van der Waals surface area contributed by atoms with E-state index in [1.54, 1.807) is 25.4 Å². The lowest BCUT2D eigenvalue weighted by Gasteiger charge is -2.28. The highest BCUT2D eigenvalue weighted by atomic mass is 32.1. The van der Waals surface area contributed by atoms with E-state index in [0.29, 0.717) is 11.7 Å². The average molecular weight is 439 g/mol. The molecule has 0 radical (unpaired) electrons. The van der Waals surface area contributed by atoms with Gasteiger partial charge in [0.1, 0.15) is 5.82 Å². The van der Waals surface area contributed by atoms with Crippen LogP contribution in [-0.4, -0.2) is 39.8 Å². The normalized spacial score (nSPS) is 18.5. The minimum Gasteiger partial charge on any atom is -0.385 e. The van der Waals surface area contributed by atoms with Crippen LogP contribution >= 0.6 is 12.2 Å². The first-order valence-electron chi connectivity index (χ1n) is 10.4. The maximum atomic E-state index is 13.9. The van der Waals surface area contributed by atoms with Crippen molar-refractivity contribution in [3.05, 3.63) is 83.2 Å². The Kier molecular flexibility index (Phi) is 6.34. The number of hydrogen-bond donors (Lipinski definition) is 1. The molecule has 0 bridgehead atoms. The maximum Gasteiger partial charge on any atom is 0.170 e. The molecular weight excluding hydrogens is 411 g/mol. The number of aryl methyl sites for hydroxylation is 1. The zero-order chi connectivity index (χ0) is 22.0. The molecule has 3 aromatic rings. The van der Waals surface area contributed by atoms with E-state index in [-0.39, 0.29) is 17.9 Å². The summed E-state index contributed by atoms with van der Waals surface area (Å²) >= 11 is 5.73. The van der Waals surface area contributed by atoms with Crippen LogP contribution in [0.5, 0.6) is 0 Å². The summed E-state index contributed by atoms with van der Waals surface area (Å²) in [4.78, 5) is 6.83. The molecule has 2 unspecified atom stereocenters. The van der Waals surface area contributed by atoms with E-state index < -0.39 is 0 Å². The van der Waals surface area contributed by atoms with Crippen LogP contribution in [0.4, 0.5) is 4.39 Å². The molecule has 1 aliphatic rings. The van der Waals surface area contributed by atoms with Crippen LogP contribution in [0.1, 0.15) is 41.1 Å². The van der Waals surface area contributed by atoms with Crippen LogP contribution in [0, 0.1) is 19.7 Å². The molecular formula is C24H27FN4OS. The van der Waals surface area contributed by atoms with E-state index in [9.17, 15) is 4.39 Å². The van der Waals surface area contributed by atoms with Crippen molar-refractivity contribution in [2.75, 3.05) is 20.3 Å². The van der Waals surface area contributed by atoms with Gasteiger partial charge in [-0.2, -0.15) is 0 Å². The zero-order valence-corrected chi connectivity index (χ0v) is 18.8. The summed E-state index contributed by atoms with van der Waals surface area (Å²) in [6, 6.07) is 14.7. The minimum atomic E-state index is -0.247. The summed E-state index contributed by atoms with van der Waals surface area (Å²) in [5.41, 5.74) is 5.03. The van der Waals surface area contributed by atoms with Crippen LogP contribution in [0.2, 0.25) is 0 Å². The molecule has 1 aromatic carbocycles. The fraction of sp³-hybridized carbons (Fsp3) is 0.333. The number of thiocarbonyl (C=S) groups is 1. The highest BCUT2D eigenvalue weighted by Crippen LogP contribution is 2.41. The van der Waals surface area contributed by atoms with Gasteiger partial charge >= 0.3 is 0 Å². The molecule has 1 N–H and O–H groups in total. The van der Waals surface area contributed by atoms with Gasteiger partial charge in [-0.3, -0.25) is 4.98 Å². The second-order valence-corrected chi connectivity index (χ2v) is 8.19. The Balaban J connectivity index is 1.79. The molecule has 1 fully saturated rings. The minimum absolute atomic E-state index is 0.0206. The summed E-state index contributed by atoms with van der Waals surface area (Å²) in [7, 11) is 1.71. The van der Waals surface area contributed by atoms with Gasteiger partial charge in [0.05, 0.1) is 17.8 Å². The second-order valence-electron chi connectivity index (χ2n) is 7.81. The number of hydrogen-bond acceptors (Lipinski definition) is 3. The van der Waals surface area contributed by atoms with Gasteiger partial charge in [0.2, 0.25) is 0 Å². The van der Waals surface area contributed by atoms with Gasteiger partial charge in [-0.05, 0) is 74.4 Å². The molecule has 2 atom stereocenters. The summed E-state index contributed by atoms with van der Waals surface area (Å²) in [5.74, 6) is -0.247. The molecule has 7 heteroatoms. The predicted octanol–water partition coefficient (Wildman–Crippen LogP) is 4.64. The first-order chi connectivity index (χ1) is 15.0. The van der Waals surface area contributed by atoms with Gasteiger partial charge in [-0.15, -0.1) is 0 Å². The third-order valence-corrected chi connectivity index (χ3v) is 6.15. The molecule has 2 aromatic heterocycles. The Morgan fingerprint density at radius 1 is 1.16 bits per heavy atom. The van der Waals surface area contributed by atoms with E-state index in [4.69, 9.17) is 17.0 Å². The van der Waals surface area contributed by atoms with Gasteiger partial charge in [0, 0.05) is 43.5 Å². The SMILES string of the molecule is COCCCN1C(=S)NC(c2ccccn2)C1c1cc(C)n(-c2cccc(F)c2)c1C. The molecule has 1 aliphatic heterocycles. The summed E-state index contributed by atoms with van der Waals surface area (Å²) in [6.45, 7) is 5.57. The molecule has 1 saturated heterocycles. The second kappa shape index (κ2) is 9.16. The average Bonchev–Trinajstić information content (AvgIpc) is 3.24. The number of aromatic nitrogens is 2. The van der Waals surface area contributed by atoms with Crippen LogP contribution in [0.3, 0.4) is 0 Å². The van der Waals surface area contributed by atoms with Crippen molar-refractivity contribution in [1.29, 1.82) is 0 Å². The Hall–Kier alpha value is -2.77. The molecule has 4 rings (SSSR count). The summed E-state index contributed by atoms with van der Waals surface area (Å²) < 4.78 is 21.3. The van der Waals surface area contributed by atoms with E-state index in [1.807, 2.05) is 31.2 Å². The number of halogens is 1. The smallest absolute Gasteiger partial charge is 0.170 e. The molecule has 3 heterocycles. The van der Waals surface area contributed by atoms with Crippen molar-refractivity contribution in [3.63, 3.8) is 0 Å². The molecule has 0 aliphatic carbocycles. The number of nitrogens with zero attached hydrogens (tertiary/aromatic N) is 3. The highest BCUT2D eigenvalue weighted by Gasteiger charge is 2.41. The number of nitrogens with one attached hydrogen (secondary N) is 1. The van der Waals surface area contributed by atoms with Crippen molar-refractivity contribution in [2.24, 2.45) is 0 Å². The predicted molar refractivity (Wildman–Crippen MR) is 124 cm³/mol. The quantitative estimate of drug-likeness (QED) is 0.430. The van der Waals surface area contributed by atoms with Gasteiger partial charge in [0.15, 0.2) is 5.11 Å². The number of rotatable bonds is 7. The topological polar surface area (TPSA) is 42.3 Å². The lowest BCUT2D eigenvalue weighted by atomic mass is 9.96. The fourth-order valence-electron chi connectivity index (χ4n) is 4.46. The molecule has 162 valence electrons. The molecule has 0 saturated carbocycles. The van der Waals surface area contributed by atoms with Crippen LogP contribution < -0.4 is 5.32 Å². The zero-order valence-electron chi connectivity index (χ0n) is 18.0. The fourth-order valence-corrected chi connectivity index (χ4v) is 4.80. The molecule has 0 spiro atoms. The van der Waals surface area contributed by atoms with Crippen molar-refractivity contribution < 1.29 is 9.13 Å². The molecule has 5 nitrogen and oxygen atoms in total. The lowest BCUT2D eigenvalue weighted by Crippen LogP contribution is -2.31. The van der Waals surface area contributed by atoms with Gasteiger partial charge in [0.25, 0.3) is 0 Å². The first kappa shape index (κ1) is 21.5. The van der Waals surface area contributed by atoms with Crippen molar-refractivity contribution in [1.82, 2.24) is 19.8 Å². The molecule has 31 heavy (non-hydrogen) atoms. The van der Waals surface area contributed by atoms with E-state index in [0.717, 1.165) is 41.3 Å². The van der Waals surface area contributed by atoms with Crippen molar-refractivity contribution >= 4 is 17.3 Å². The highest BCUT2D eigenvalue weighted by molar-refractivity contribution is 7.80. The summed E-state index contributed by atoms with van der Waals surface area (Å²) in [5, 5.41) is 4.20. The van der Waals surface area contributed by atoms with Crippen LogP contribution in [0.15, 0.2) is 54.7 Å². The van der Waals surface area contributed by atoms with Gasteiger partial charge in [-0.1, -0.05) is 12.1 Å². The van der Waals surface area contributed by atoms with E-state index >= 15 is 0 Å². The van der Waals surface area contributed by atoms with Crippen LogP contribution in [-0.2, 0) is 4.74 Å². The summed E-state index contributed by atoms with van der Waals surface area (Å²) in [6.07, 6.45) is 2.67. The third kappa shape index (κ3) is 4.20. The lowest BCUT2D eigenvalue weighted by molar-refractivity contribution is 0.180. The monoisotopic (exact) mass is 438 g/mol. The Morgan fingerprint density at radius 3 is 2.71 bits per heavy atom. The number of benzene rings is 1. The Morgan fingerprint density at radius 2 is 2.00 bits per heavy atom. The number of pyridine rings is 1. The molecule has 0 amide bonds. The number of methoxy groups -OCH3 is 1. The largest absolute Gasteiger partial charge is 0.385 e. The van der Waals surface area contributed by atoms with Gasteiger partial charge in [-0.25, -0.2) is 4.39 Å². The third-order valence-electron chi connectivity index (χ3n) is 5.80. The number of ether oxygens (including phenoxy) is 1. The van der Waals surface area contributed by atoms with E-state index in [1.165, 1.54) is 6.07 Å². The maximum absolute atomic E-state index is 13.9. The van der Waals surface area contributed by atoms with Crippen molar-refractivity contribution in [2.45, 2.75) is 32.4 Å². The van der Waals surface area contributed by atoms with Gasteiger partial charge < -0.3 is 19.5 Å². The first-order valence-corrected chi connectivity index (χ1v) is 10.8. The standard InChI is InChI=1S/C24H27FN4OS/c1-16-14-20(17(2)29(16)19-9-6-8-18(25)15-19)23-22(21-10-4-5-11-26-21)27-24(31)28(23)12-7-13-30-3/h4-6,8-11,14-15,22-23H,7,12-13H2,1-3H3,(H,27,31).